The maximum Gasteiger partial charge on any atom is 0.354 e. The number of amides is 1. The summed E-state index contributed by atoms with van der Waals surface area (Å²) < 4.78 is 11.7. The molecule has 0 aliphatic heterocycles. The molecule has 3 rings (SSSR count). The van der Waals surface area contributed by atoms with Crippen molar-refractivity contribution in [3.8, 4) is 5.75 Å². The summed E-state index contributed by atoms with van der Waals surface area (Å²) in [7, 11) is 4.71. The van der Waals surface area contributed by atoms with E-state index in [2.05, 4.69) is 28.6 Å². The Hall–Kier alpha value is -3.10. The number of hydrogen-bond donors (Lipinski definition) is 1. The number of anilines is 1. The molecule has 0 aliphatic carbocycles. The second-order valence-corrected chi connectivity index (χ2v) is 8.68. The highest BCUT2D eigenvalue weighted by Gasteiger charge is 2.20. The standard InChI is InChI=1S/C24H29N3O4S/c1-17(12-21-6-5-11-32-21)27(14-18-7-9-20(30-3)10-8-18)16-23(28)25-19-13-22(24(29)31-4)26(2)15-19/h5-11,13,15,17H,12,14,16H2,1-4H3,(H,25,28). The number of ether oxygens (including phenoxy) is 2. The van der Waals surface area contributed by atoms with Crippen molar-refractivity contribution in [1.82, 2.24) is 9.47 Å². The number of thiophene rings is 1. The van der Waals surface area contributed by atoms with Gasteiger partial charge in [-0.2, -0.15) is 0 Å². The number of aromatic nitrogens is 1. The summed E-state index contributed by atoms with van der Waals surface area (Å²) in [6, 6.07) is 13.8. The Morgan fingerprint density at radius 1 is 1.19 bits per heavy atom. The van der Waals surface area contributed by atoms with Crippen LogP contribution in [0.5, 0.6) is 5.75 Å². The summed E-state index contributed by atoms with van der Waals surface area (Å²) in [5.41, 5.74) is 2.04. The van der Waals surface area contributed by atoms with E-state index in [1.807, 2.05) is 30.3 Å². The van der Waals surface area contributed by atoms with Crippen molar-refractivity contribution < 1.29 is 19.1 Å². The van der Waals surface area contributed by atoms with Crippen molar-refractivity contribution in [1.29, 1.82) is 0 Å². The third-order valence-electron chi connectivity index (χ3n) is 5.27. The lowest BCUT2D eigenvalue weighted by Gasteiger charge is -2.28. The molecule has 170 valence electrons. The molecule has 0 bridgehead atoms. The lowest BCUT2D eigenvalue weighted by molar-refractivity contribution is -0.118. The van der Waals surface area contributed by atoms with E-state index >= 15 is 0 Å². The van der Waals surface area contributed by atoms with Crippen LogP contribution in [0.3, 0.4) is 0 Å². The van der Waals surface area contributed by atoms with Crippen LogP contribution in [-0.4, -0.2) is 48.1 Å². The van der Waals surface area contributed by atoms with Gasteiger partial charge in [0.1, 0.15) is 11.4 Å². The molecule has 0 saturated carbocycles. The Morgan fingerprint density at radius 2 is 1.94 bits per heavy atom. The fourth-order valence-electron chi connectivity index (χ4n) is 3.51. The van der Waals surface area contributed by atoms with E-state index in [9.17, 15) is 9.59 Å². The van der Waals surface area contributed by atoms with E-state index in [0.717, 1.165) is 17.7 Å². The fourth-order valence-corrected chi connectivity index (χ4v) is 4.33. The number of nitrogens with zero attached hydrogens (tertiary/aromatic N) is 2. The van der Waals surface area contributed by atoms with E-state index in [1.165, 1.54) is 12.0 Å². The van der Waals surface area contributed by atoms with Crippen molar-refractivity contribution >= 4 is 28.9 Å². The Kier molecular flexibility index (Phi) is 8.08. The lowest BCUT2D eigenvalue weighted by Crippen LogP contribution is -2.40. The van der Waals surface area contributed by atoms with Crippen molar-refractivity contribution in [3.63, 3.8) is 0 Å². The minimum absolute atomic E-state index is 0.140. The number of rotatable bonds is 10. The van der Waals surface area contributed by atoms with Crippen LogP contribution in [0.2, 0.25) is 0 Å². The van der Waals surface area contributed by atoms with E-state index in [0.29, 0.717) is 17.9 Å². The molecule has 2 heterocycles. The van der Waals surface area contributed by atoms with E-state index < -0.39 is 5.97 Å². The Morgan fingerprint density at radius 3 is 2.56 bits per heavy atom. The topological polar surface area (TPSA) is 72.8 Å². The molecule has 0 radical (unpaired) electrons. The molecule has 1 unspecified atom stereocenters. The van der Waals surface area contributed by atoms with Gasteiger partial charge in [-0.3, -0.25) is 9.69 Å². The van der Waals surface area contributed by atoms with Crippen LogP contribution in [0.4, 0.5) is 5.69 Å². The molecule has 3 aromatic rings. The van der Waals surface area contributed by atoms with Gasteiger partial charge in [-0.25, -0.2) is 4.79 Å². The molecule has 0 aliphatic rings. The molecule has 7 nitrogen and oxygen atoms in total. The molecule has 1 aromatic carbocycles. The number of methoxy groups -OCH3 is 2. The van der Waals surface area contributed by atoms with Crippen LogP contribution in [-0.2, 0) is 29.5 Å². The highest BCUT2D eigenvalue weighted by atomic mass is 32.1. The minimum Gasteiger partial charge on any atom is -0.497 e. The van der Waals surface area contributed by atoms with Gasteiger partial charge in [0.05, 0.1) is 26.5 Å². The second-order valence-electron chi connectivity index (χ2n) is 7.65. The highest BCUT2D eigenvalue weighted by molar-refractivity contribution is 7.09. The summed E-state index contributed by atoms with van der Waals surface area (Å²) in [5, 5.41) is 4.97. The van der Waals surface area contributed by atoms with Crippen molar-refractivity contribution in [3.05, 3.63) is 70.2 Å². The quantitative estimate of drug-likeness (QED) is 0.469. The number of esters is 1. The number of aryl methyl sites for hydroxylation is 1. The number of nitrogens with one attached hydrogen (secondary N) is 1. The first-order valence-electron chi connectivity index (χ1n) is 10.3. The molecule has 1 amide bonds. The van der Waals surface area contributed by atoms with Gasteiger partial charge in [0.15, 0.2) is 0 Å². The summed E-state index contributed by atoms with van der Waals surface area (Å²) >= 11 is 1.72. The molecular weight excluding hydrogens is 426 g/mol. The average molecular weight is 456 g/mol. The molecule has 1 N–H and O–H groups in total. The zero-order chi connectivity index (χ0) is 23.1. The van der Waals surface area contributed by atoms with Gasteiger partial charge >= 0.3 is 5.97 Å². The van der Waals surface area contributed by atoms with Gasteiger partial charge < -0.3 is 19.4 Å². The van der Waals surface area contributed by atoms with Gasteiger partial charge in [0, 0.05) is 30.7 Å². The normalized spacial score (nSPS) is 11.9. The van der Waals surface area contributed by atoms with E-state index in [1.54, 1.807) is 42.3 Å². The van der Waals surface area contributed by atoms with Crippen LogP contribution < -0.4 is 10.1 Å². The third-order valence-corrected chi connectivity index (χ3v) is 6.17. The Labute approximate surface area is 192 Å². The van der Waals surface area contributed by atoms with Crippen LogP contribution in [0.25, 0.3) is 0 Å². The molecule has 2 aromatic heterocycles. The van der Waals surface area contributed by atoms with Crippen LogP contribution >= 0.6 is 11.3 Å². The largest absolute Gasteiger partial charge is 0.497 e. The maximum atomic E-state index is 12.9. The zero-order valence-corrected chi connectivity index (χ0v) is 19.6. The predicted octanol–water partition coefficient (Wildman–Crippen LogP) is 3.95. The molecule has 8 heteroatoms. The van der Waals surface area contributed by atoms with Crippen LogP contribution in [0, 0.1) is 0 Å². The van der Waals surface area contributed by atoms with Gasteiger partial charge in [0.2, 0.25) is 5.91 Å². The average Bonchev–Trinajstić information content (AvgIpc) is 3.42. The summed E-state index contributed by atoms with van der Waals surface area (Å²) in [6.07, 6.45) is 2.56. The molecular formula is C24H29N3O4S. The number of carbonyl (C=O) groups excluding carboxylic acids is 2. The van der Waals surface area contributed by atoms with Gasteiger partial charge in [-0.05, 0) is 48.6 Å². The van der Waals surface area contributed by atoms with Gasteiger partial charge in [-0.15, -0.1) is 11.3 Å². The molecule has 0 spiro atoms. The Bertz CT molecular complexity index is 1030. The summed E-state index contributed by atoms with van der Waals surface area (Å²) in [6.45, 7) is 2.99. The van der Waals surface area contributed by atoms with E-state index in [4.69, 9.17) is 9.47 Å². The first kappa shape index (κ1) is 23.6. The zero-order valence-electron chi connectivity index (χ0n) is 18.8. The highest BCUT2D eigenvalue weighted by Crippen LogP contribution is 2.19. The first-order valence-corrected chi connectivity index (χ1v) is 11.2. The van der Waals surface area contributed by atoms with Crippen LogP contribution in [0.15, 0.2) is 54.0 Å². The fraction of sp³-hybridized carbons (Fsp3) is 0.333. The summed E-state index contributed by atoms with van der Waals surface area (Å²) in [4.78, 5) is 28.1. The van der Waals surface area contributed by atoms with Crippen molar-refractivity contribution in [2.45, 2.75) is 25.9 Å². The molecule has 32 heavy (non-hydrogen) atoms. The minimum atomic E-state index is -0.446. The van der Waals surface area contributed by atoms with Crippen molar-refractivity contribution in [2.75, 3.05) is 26.1 Å². The predicted molar refractivity (Wildman–Crippen MR) is 126 cm³/mol. The van der Waals surface area contributed by atoms with Crippen LogP contribution in [0.1, 0.15) is 27.9 Å². The summed E-state index contributed by atoms with van der Waals surface area (Å²) in [5.74, 6) is 0.215. The smallest absolute Gasteiger partial charge is 0.354 e. The van der Waals surface area contributed by atoms with Crippen molar-refractivity contribution in [2.24, 2.45) is 7.05 Å². The monoisotopic (exact) mass is 455 g/mol. The lowest BCUT2D eigenvalue weighted by atomic mass is 10.1. The third kappa shape index (κ3) is 6.21. The molecule has 0 fully saturated rings. The number of carbonyl (C=O) groups is 2. The van der Waals surface area contributed by atoms with Gasteiger partial charge in [0.25, 0.3) is 0 Å². The van der Waals surface area contributed by atoms with E-state index in [-0.39, 0.29) is 18.5 Å². The Balaban J connectivity index is 1.71. The first-order chi connectivity index (χ1) is 15.4. The number of benzene rings is 1. The SMILES string of the molecule is COC(=O)c1cc(NC(=O)CN(Cc2ccc(OC)cc2)C(C)Cc2cccs2)cn1C. The molecule has 0 saturated heterocycles. The van der Waals surface area contributed by atoms with Gasteiger partial charge in [-0.1, -0.05) is 18.2 Å². The number of hydrogen-bond acceptors (Lipinski definition) is 6. The maximum absolute atomic E-state index is 12.9. The second kappa shape index (κ2) is 11.0. The molecule has 1 atom stereocenters.